The highest BCUT2D eigenvalue weighted by atomic mass is 16.5. The van der Waals surface area contributed by atoms with E-state index in [0.29, 0.717) is 6.04 Å². The maximum atomic E-state index is 5.83. The van der Waals surface area contributed by atoms with Crippen molar-refractivity contribution in [3.05, 3.63) is 47.3 Å². The molecule has 1 aliphatic heterocycles. The van der Waals surface area contributed by atoms with Crippen LogP contribution in [0.1, 0.15) is 48.9 Å². The minimum absolute atomic E-state index is 0.195. The summed E-state index contributed by atoms with van der Waals surface area (Å²) in [5.41, 5.74) is 6.69. The van der Waals surface area contributed by atoms with Gasteiger partial charge in [-0.15, -0.1) is 5.10 Å². The molecule has 0 unspecified atom stereocenters. The fraction of sp³-hybridized carbons (Fsp3) is 0.455. The third-order valence-electron chi connectivity index (χ3n) is 6.78. The van der Waals surface area contributed by atoms with E-state index in [1.165, 1.54) is 12.0 Å². The van der Waals surface area contributed by atoms with Crippen molar-refractivity contribution in [2.24, 2.45) is 7.05 Å². The molecule has 1 N–H and O–H groups in total. The Labute approximate surface area is 169 Å². The second kappa shape index (κ2) is 6.35. The quantitative estimate of drug-likeness (QED) is 0.742. The van der Waals surface area contributed by atoms with Crippen molar-refractivity contribution >= 4 is 22.6 Å². The molecular formula is C22H24N6O. The molecule has 0 amide bonds. The summed E-state index contributed by atoms with van der Waals surface area (Å²) < 4.78 is 7.63. The molecule has 7 nitrogen and oxygen atoms in total. The number of nitrogens with one attached hydrogen (secondary N) is 1. The summed E-state index contributed by atoms with van der Waals surface area (Å²) in [5.74, 6) is 0.750. The SMILES string of the molecule is Cn1nnc2ccc(C3=CCc4nc(NC5CCC6(CCO6)CC5)ncc43)cc21. The standard InChI is InChI=1S/C22H24N6O/c1-28-20-12-14(2-4-19(20)26-27-28)16-3-5-18-17(16)13-23-21(25-18)24-15-6-8-22(9-7-15)10-11-29-22/h2-4,12-13,15H,5-11H2,1H3,(H,23,24,25). The second-order valence-corrected chi connectivity index (χ2v) is 8.49. The van der Waals surface area contributed by atoms with E-state index in [9.17, 15) is 0 Å². The van der Waals surface area contributed by atoms with E-state index >= 15 is 0 Å². The zero-order chi connectivity index (χ0) is 19.4. The Morgan fingerprint density at radius 2 is 2.07 bits per heavy atom. The van der Waals surface area contributed by atoms with Gasteiger partial charge in [-0.3, -0.25) is 0 Å². The number of hydrogen-bond acceptors (Lipinski definition) is 6. The van der Waals surface area contributed by atoms with Crippen molar-refractivity contribution in [2.75, 3.05) is 11.9 Å². The Bertz CT molecular complexity index is 1120. The average Bonchev–Trinajstić information content (AvgIpc) is 3.30. The summed E-state index contributed by atoms with van der Waals surface area (Å²) in [4.78, 5) is 9.46. The Balaban J connectivity index is 1.20. The third kappa shape index (κ3) is 2.83. The lowest BCUT2D eigenvalue weighted by Crippen LogP contribution is -2.48. The Morgan fingerprint density at radius 3 is 2.86 bits per heavy atom. The van der Waals surface area contributed by atoms with Crippen LogP contribution in [0.5, 0.6) is 0 Å². The molecule has 2 fully saturated rings. The normalized spacial score (nSPS) is 25.7. The van der Waals surface area contributed by atoms with Gasteiger partial charge in [0.05, 0.1) is 23.4 Å². The molecule has 148 valence electrons. The smallest absolute Gasteiger partial charge is 0.223 e. The van der Waals surface area contributed by atoms with E-state index in [4.69, 9.17) is 9.72 Å². The van der Waals surface area contributed by atoms with Gasteiger partial charge in [0.15, 0.2) is 0 Å². The maximum absolute atomic E-state index is 5.83. The topological polar surface area (TPSA) is 77.8 Å². The van der Waals surface area contributed by atoms with Gasteiger partial charge in [0.2, 0.25) is 5.95 Å². The van der Waals surface area contributed by atoms with Crippen LogP contribution in [-0.4, -0.2) is 43.2 Å². The summed E-state index contributed by atoms with van der Waals surface area (Å²) in [5, 5.41) is 11.8. The maximum Gasteiger partial charge on any atom is 0.223 e. The Kier molecular flexibility index (Phi) is 3.74. The summed E-state index contributed by atoms with van der Waals surface area (Å²) >= 11 is 0. The number of allylic oxidation sites excluding steroid dienone is 1. The van der Waals surface area contributed by atoms with Crippen molar-refractivity contribution in [1.82, 2.24) is 25.0 Å². The van der Waals surface area contributed by atoms with Crippen LogP contribution in [0.25, 0.3) is 16.6 Å². The van der Waals surface area contributed by atoms with Gasteiger partial charge in [-0.2, -0.15) is 0 Å². The molecule has 3 aromatic rings. The van der Waals surface area contributed by atoms with Gasteiger partial charge in [-0.25, -0.2) is 14.6 Å². The van der Waals surface area contributed by atoms with E-state index in [1.807, 2.05) is 24.0 Å². The molecule has 1 saturated heterocycles. The van der Waals surface area contributed by atoms with Gasteiger partial charge in [0, 0.05) is 31.3 Å². The van der Waals surface area contributed by atoms with Crippen molar-refractivity contribution < 1.29 is 4.74 Å². The number of hydrogen-bond donors (Lipinski definition) is 1. The number of ether oxygens (including phenoxy) is 1. The molecule has 0 atom stereocenters. The summed E-state index contributed by atoms with van der Waals surface area (Å²) in [7, 11) is 1.92. The zero-order valence-corrected chi connectivity index (χ0v) is 16.6. The molecule has 2 aliphatic carbocycles. The van der Waals surface area contributed by atoms with Gasteiger partial charge in [0.1, 0.15) is 5.52 Å². The monoisotopic (exact) mass is 388 g/mol. The lowest BCUT2D eigenvalue weighted by atomic mass is 9.77. The molecule has 29 heavy (non-hydrogen) atoms. The predicted octanol–water partition coefficient (Wildman–Crippen LogP) is 3.26. The van der Waals surface area contributed by atoms with Crippen LogP contribution in [0.4, 0.5) is 5.95 Å². The van der Waals surface area contributed by atoms with Crippen molar-refractivity contribution in [3.8, 4) is 0 Å². The molecule has 3 heterocycles. The molecule has 3 aliphatic rings. The van der Waals surface area contributed by atoms with Gasteiger partial charge in [0.25, 0.3) is 0 Å². The first kappa shape index (κ1) is 17.1. The van der Waals surface area contributed by atoms with Crippen LogP contribution in [0, 0.1) is 0 Å². The number of fused-ring (bicyclic) bond motifs is 2. The number of nitrogens with zero attached hydrogens (tertiary/aromatic N) is 5. The lowest BCUT2D eigenvalue weighted by Gasteiger charge is -2.46. The molecule has 1 saturated carbocycles. The molecule has 1 spiro atoms. The van der Waals surface area contributed by atoms with Gasteiger partial charge >= 0.3 is 0 Å². The van der Waals surface area contributed by atoms with Crippen LogP contribution >= 0.6 is 0 Å². The number of benzene rings is 1. The zero-order valence-electron chi connectivity index (χ0n) is 16.6. The summed E-state index contributed by atoms with van der Waals surface area (Å²) in [6.07, 6.45) is 10.8. The second-order valence-electron chi connectivity index (χ2n) is 8.49. The molecule has 0 bridgehead atoms. The van der Waals surface area contributed by atoms with Crippen LogP contribution < -0.4 is 5.32 Å². The van der Waals surface area contributed by atoms with E-state index in [-0.39, 0.29) is 5.60 Å². The average molecular weight is 388 g/mol. The van der Waals surface area contributed by atoms with Gasteiger partial charge in [-0.05, 0) is 55.4 Å². The number of aromatic nitrogens is 5. The predicted molar refractivity (Wildman–Crippen MR) is 111 cm³/mol. The van der Waals surface area contributed by atoms with E-state index < -0.39 is 0 Å². The van der Waals surface area contributed by atoms with E-state index in [2.05, 4.69) is 38.8 Å². The number of aryl methyl sites for hydroxylation is 1. The largest absolute Gasteiger partial charge is 0.375 e. The molecular weight excluding hydrogens is 364 g/mol. The highest BCUT2D eigenvalue weighted by Gasteiger charge is 2.41. The minimum Gasteiger partial charge on any atom is -0.375 e. The molecule has 7 heteroatoms. The van der Waals surface area contributed by atoms with Crippen LogP contribution in [-0.2, 0) is 18.2 Å². The summed E-state index contributed by atoms with van der Waals surface area (Å²) in [6, 6.07) is 6.71. The molecule has 0 radical (unpaired) electrons. The fourth-order valence-electron chi connectivity index (χ4n) is 4.90. The van der Waals surface area contributed by atoms with Crippen LogP contribution in [0.2, 0.25) is 0 Å². The molecule has 6 rings (SSSR count). The fourth-order valence-corrected chi connectivity index (χ4v) is 4.90. The first-order chi connectivity index (χ1) is 14.2. The molecule has 1 aromatic carbocycles. The van der Waals surface area contributed by atoms with Gasteiger partial charge < -0.3 is 10.1 Å². The minimum atomic E-state index is 0.195. The number of rotatable bonds is 3. The lowest BCUT2D eigenvalue weighted by molar-refractivity contribution is -0.165. The Morgan fingerprint density at radius 1 is 1.21 bits per heavy atom. The van der Waals surface area contributed by atoms with Crippen LogP contribution in [0.3, 0.4) is 0 Å². The van der Waals surface area contributed by atoms with Gasteiger partial charge in [-0.1, -0.05) is 17.4 Å². The number of anilines is 1. The molecule has 2 aromatic heterocycles. The van der Waals surface area contributed by atoms with Crippen molar-refractivity contribution in [1.29, 1.82) is 0 Å². The third-order valence-corrected chi connectivity index (χ3v) is 6.78. The first-order valence-corrected chi connectivity index (χ1v) is 10.5. The van der Waals surface area contributed by atoms with Crippen molar-refractivity contribution in [3.63, 3.8) is 0 Å². The highest BCUT2D eigenvalue weighted by molar-refractivity contribution is 5.88. The first-order valence-electron chi connectivity index (χ1n) is 10.5. The van der Waals surface area contributed by atoms with Crippen LogP contribution in [0.15, 0.2) is 30.5 Å². The van der Waals surface area contributed by atoms with E-state index in [0.717, 1.165) is 72.5 Å². The summed E-state index contributed by atoms with van der Waals surface area (Å²) in [6.45, 7) is 0.936. The Hall–Kier alpha value is -2.80. The highest BCUT2D eigenvalue weighted by Crippen LogP contribution is 2.41. The van der Waals surface area contributed by atoms with E-state index in [1.54, 1.807) is 0 Å². The van der Waals surface area contributed by atoms with Crippen molar-refractivity contribution in [2.45, 2.75) is 50.2 Å².